The maximum atomic E-state index is 12.8. The molecule has 22 heavy (non-hydrogen) atoms. The zero-order valence-electron chi connectivity index (χ0n) is 13.8. The number of aliphatic carboxylic acids is 1. The van der Waals surface area contributed by atoms with Gasteiger partial charge >= 0.3 is 5.97 Å². The fourth-order valence-corrected chi connectivity index (χ4v) is 3.79. The first-order valence-corrected chi connectivity index (χ1v) is 8.68. The Morgan fingerprint density at radius 2 is 1.91 bits per heavy atom. The molecule has 0 spiro atoms. The molecule has 2 rings (SSSR count). The zero-order valence-corrected chi connectivity index (χ0v) is 13.8. The number of morpholine rings is 1. The first kappa shape index (κ1) is 17.3. The molecule has 1 aliphatic heterocycles. The van der Waals surface area contributed by atoms with E-state index in [0.29, 0.717) is 12.5 Å². The van der Waals surface area contributed by atoms with Gasteiger partial charge in [-0.25, -0.2) is 4.79 Å². The van der Waals surface area contributed by atoms with E-state index < -0.39 is 12.1 Å². The van der Waals surface area contributed by atoms with Crippen LogP contribution >= 0.6 is 0 Å². The standard InChI is InChI=1S/C17H29NO4/c1-3-14(9-13-7-5-4-6-8-13)16(19)18-10-12(2)22-15(11-18)17(20)21/h12-15H,3-11H2,1-2H3,(H,20,21)/t12-,14?,15?/m1/s1. The second kappa shape index (κ2) is 7.95. The summed E-state index contributed by atoms with van der Waals surface area (Å²) < 4.78 is 5.40. The van der Waals surface area contributed by atoms with Crippen LogP contribution in [0.1, 0.15) is 58.8 Å². The lowest BCUT2D eigenvalue weighted by molar-refractivity contribution is -0.168. The number of nitrogens with zero attached hydrogens (tertiary/aromatic N) is 1. The van der Waals surface area contributed by atoms with Crippen LogP contribution in [-0.2, 0) is 14.3 Å². The zero-order chi connectivity index (χ0) is 16.1. The highest BCUT2D eigenvalue weighted by Crippen LogP contribution is 2.31. The van der Waals surface area contributed by atoms with Crippen molar-refractivity contribution < 1.29 is 19.4 Å². The minimum Gasteiger partial charge on any atom is -0.479 e. The molecule has 0 aromatic rings. The second-order valence-corrected chi connectivity index (χ2v) is 6.86. The van der Waals surface area contributed by atoms with Crippen LogP contribution in [0.25, 0.3) is 0 Å². The molecule has 1 amide bonds. The molecule has 0 bridgehead atoms. The fourth-order valence-electron chi connectivity index (χ4n) is 3.79. The molecular formula is C17H29NO4. The van der Waals surface area contributed by atoms with Crippen LogP contribution in [0.2, 0.25) is 0 Å². The minimum absolute atomic E-state index is 0.0304. The van der Waals surface area contributed by atoms with Gasteiger partial charge < -0.3 is 14.7 Å². The van der Waals surface area contributed by atoms with E-state index in [1.165, 1.54) is 32.1 Å². The molecule has 2 fully saturated rings. The predicted molar refractivity (Wildman–Crippen MR) is 83.5 cm³/mol. The van der Waals surface area contributed by atoms with Gasteiger partial charge in [-0.05, 0) is 25.7 Å². The summed E-state index contributed by atoms with van der Waals surface area (Å²) in [5.74, 6) is -0.168. The third kappa shape index (κ3) is 4.45. The van der Waals surface area contributed by atoms with Gasteiger partial charge in [-0.2, -0.15) is 0 Å². The summed E-state index contributed by atoms with van der Waals surface area (Å²) in [6.07, 6.45) is 7.05. The van der Waals surface area contributed by atoms with Crippen molar-refractivity contribution in [2.75, 3.05) is 13.1 Å². The van der Waals surface area contributed by atoms with Crippen molar-refractivity contribution in [3.8, 4) is 0 Å². The molecule has 1 aliphatic carbocycles. The first-order chi connectivity index (χ1) is 10.5. The highest BCUT2D eigenvalue weighted by atomic mass is 16.5. The lowest BCUT2D eigenvalue weighted by Crippen LogP contribution is -2.53. The van der Waals surface area contributed by atoms with Crippen LogP contribution in [0.15, 0.2) is 0 Å². The quantitative estimate of drug-likeness (QED) is 0.847. The molecule has 3 atom stereocenters. The number of ether oxygens (including phenoxy) is 1. The van der Waals surface area contributed by atoms with Gasteiger partial charge in [-0.15, -0.1) is 0 Å². The number of hydrogen-bond donors (Lipinski definition) is 1. The summed E-state index contributed by atoms with van der Waals surface area (Å²) in [7, 11) is 0. The van der Waals surface area contributed by atoms with Crippen LogP contribution in [0.4, 0.5) is 0 Å². The minimum atomic E-state index is -0.982. The Kier molecular flexibility index (Phi) is 6.24. The molecule has 0 radical (unpaired) electrons. The van der Waals surface area contributed by atoms with E-state index in [9.17, 15) is 9.59 Å². The maximum Gasteiger partial charge on any atom is 0.334 e. The summed E-state index contributed by atoms with van der Waals surface area (Å²) >= 11 is 0. The Hall–Kier alpha value is -1.10. The summed E-state index contributed by atoms with van der Waals surface area (Å²) in [6, 6.07) is 0. The van der Waals surface area contributed by atoms with E-state index in [-0.39, 0.29) is 24.5 Å². The Morgan fingerprint density at radius 3 is 2.50 bits per heavy atom. The van der Waals surface area contributed by atoms with E-state index in [1.807, 2.05) is 6.92 Å². The molecule has 2 unspecified atom stereocenters. The lowest BCUT2D eigenvalue weighted by Gasteiger charge is -2.37. The van der Waals surface area contributed by atoms with Crippen molar-refractivity contribution in [2.24, 2.45) is 11.8 Å². The van der Waals surface area contributed by atoms with Gasteiger partial charge in [-0.3, -0.25) is 4.79 Å². The van der Waals surface area contributed by atoms with Crippen molar-refractivity contribution in [3.05, 3.63) is 0 Å². The van der Waals surface area contributed by atoms with E-state index in [0.717, 1.165) is 12.8 Å². The van der Waals surface area contributed by atoms with Crippen LogP contribution in [0, 0.1) is 11.8 Å². The molecular weight excluding hydrogens is 282 g/mol. The average Bonchev–Trinajstić information content (AvgIpc) is 2.52. The Labute approximate surface area is 133 Å². The van der Waals surface area contributed by atoms with Gasteiger partial charge in [0.05, 0.1) is 12.6 Å². The highest BCUT2D eigenvalue weighted by Gasteiger charge is 2.35. The number of carboxylic acid groups (broad SMARTS) is 1. The van der Waals surface area contributed by atoms with Crippen molar-refractivity contribution >= 4 is 11.9 Å². The molecule has 1 N–H and O–H groups in total. The summed E-state index contributed by atoms with van der Waals surface area (Å²) in [5, 5.41) is 9.15. The number of carboxylic acids is 1. The van der Waals surface area contributed by atoms with Gasteiger partial charge in [0.25, 0.3) is 0 Å². The van der Waals surface area contributed by atoms with Crippen LogP contribution < -0.4 is 0 Å². The molecule has 126 valence electrons. The average molecular weight is 311 g/mol. The van der Waals surface area contributed by atoms with Gasteiger partial charge in [0, 0.05) is 12.5 Å². The Morgan fingerprint density at radius 1 is 1.23 bits per heavy atom. The van der Waals surface area contributed by atoms with Crippen molar-refractivity contribution in [3.63, 3.8) is 0 Å². The first-order valence-electron chi connectivity index (χ1n) is 8.68. The fraction of sp³-hybridized carbons (Fsp3) is 0.882. The number of rotatable bonds is 5. The second-order valence-electron chi connectivity index (χ2n) is 6.86. The van der Waals surface area contributed by atoms with Crippen LogP contribution in [0.3, 0.4) is 0 Å². The normalized spacial score (nSPS) is 28.4. The third-order valence-corrected chi connectivity index (χ3v) is 5.03. The molecule has 5 nitrogen and oxygen atoms in total. The van der Waals surface area contributed by atoms with E-state index in [4.69, 9.17) is 9.84 Å². The number of carbonyl (C=O) groups excluding carboxylic acids is 1. The molecule has 0 aromatic carbocycles. The monoisotopic (exact) mass is 311 g/mol. The lowest BCUT2D eigenvalue weighted by atomic mass is 9.81. The molecule has 5 heteroatoms. The topological polar surface area (TPSA) is 66.8 Å². The summed E-state index contributed by atoms with van der Waals surface area (Å²) in [4.78, 5) is 25.7. The SMILES string of the molecule is CCC(CC1CCCCC1)C(=O)N1CC(C(=O)O)O[C@H](C)C1. The Bertz CT molecular complexity index is 392. The van der Waals surface area contributed by atoms with Gasteiger partial charge in [0.2, 0.25) is 5.91 Å². The molecule has 1 heterocycles. The van der Waals surface area contributed by atoms with E-state index >= 15 is 0 Å². The molecule has 1 saturated carbocycles. The number of amides is 1. The molecule has 0 aromatic heterocycles. The van der Waals surface area contributed by atoms with Crippen molar-refractivity contribution in [2.45, 2.75) is 71.0 Å². The number of hydrogen-bond acceptors (Lipinski definition) is 3. The molecule has 1 saturated heterocycles. The van der Waals surface area contributed by atoms with Gasteiger partial charge in [0.15, 0.2) is 6.10 Å². The van der Waals surface area contributed by atoms with E-state index in [1.54, 1.807) is 4.90 Å². The largest absolute Gasteiger partial charge is 0.479 e. The smallest absolute Gasteiger partial charge is 0.334 e. The van der Waals surface area contributed by atoms with E-state index in [2.05, 4.69) is 6.92 Å². The van der Waals surface area contributed by atoms with Gasteiger partial charge in [-0.1, -0.05) is 39.0 Å². The summed E-state index contributed by atoms with van der Waals surface area (Å²) in [6.45, 7) is 4.57. The summed E-state index contributed by atoms with van der Waals surface area (Å²) in [5.41, 5.74) is 0. The van der Waals surface area contributed by atoms with Crippen LogP contribution in [-0.4, -0.2) is 47.2 Å². The predicted octanol–water partition coefficient (Wildman–Crippen LogP) is 2.68. The van der Waals surface area contributed by atoms with Crippen LogP contribution in [0.5, 0.6) is 0 Å². The molecule has 2 aliphatic rings. The third-order valence-electron chi connectivity index (χ3n) is 5.03. The highest BCUT2D eigenvalue weighted by molar-refractivity contribution is 5.80. The van der Waals surface area contributed by atoms with Gasteiger partial charge in [0.1, 0.15) is 0 Å². The maximum absolute atomic E-state index is 12.8. The number of carbonyl (C=O) groups is 2. The Balaban J connectivity index is 1.95. The van der Waals surface area contributed by atoms with Crippen molar-refractivity contribution in [1.29, 1.82) is 0 Å². The van der Waals surface area contributed by atoms with Crippen molar-refractivity contribution in [1.82, 2.24) is 4.90 Å².